The lowest BCUT2D eigenvalue weighted by Gasteiger charge is -2.33. The van der Waals surface area contributed by atoms with E-state index in [0.29, 0.717) is 51.1 Å². The van der Waals surface area contributed by atoms with E-state index in [9.17, 15) is 59.1 Å². The molecule has 1 aliphatic rings. The molecule has 1 aliphatic heterocycles. The third kappa shape index (κ3) is 18.3. The Hall–Kier alpha value is -5.12. The molecule has 1 aromatic rings. The number of carbonyl (C=O) groups excluding carboxylic acids is 1. The van der Waals surface area contributed by atoms with Crippen molar-refractivity contribution in [2.75, 3.05) is 64.2 Å². The molecule has 0 aliphatic carbocycles. The Morgan fingerprint density at radius 3 is 1.81 bits per heavy atom. The third-order valence-corrected chi connectivity index (χ3v) is 8.47. The Bertz CT molecular complexity index is 1450. The third-order valence-electron chi connectivity index (χ3n) is 8.22. The number of hydrogen-bond donors (Lipinski definition) is 10. The molecule has 20 nitrogen and oxygen atoms in total. The molecule has 1 saturated heterocycles. The number of urea groups is 1. The van der Waals surface area contributed by atoms with Crippen LogP contribution in [0.2, 0.25) is 0 Å². The molecular formula is C32H47N7O13S. The first-order valence-corrected chi connectivity index (χ1v) is 17.2. The van der Waals surface area contributed by atoms with E-state index in [-0.39, 0.29) is 56.7 Å². The first-order chi connectivity index (χ1) is 25.0. The second-order valence-electron chi connectivity index (χ2n) is 12.4. The van der Waals surface area contributed by atoms with Crippen LogP contribution in [0.1, 0.15) is 37.7 Å². The van der Waals surface area contributed by atoms with Gasteiger partial charge in [-0.1, -0.05) is 12.1 Å². The predicted molar refractivity (Wildman–Crippen MR) is 191 cm³/mol. The van der Waals surface area contributed by atoms with Crippen molar-refractivity contribution in [1.82, 2.24) is 30.7 Å². The summed E-state index contributed by atoms with van der Waals surface area (Å²) in [4.78, 5) is 85.6. The molecule has 1 aromatic carbocycles. The van der Waals surface area contributed by atoms with Crippen LogP contribution in [0.4, 0.5) is 10.5 Å². The van der Waals surface area contributed by atoms with Crippen LogP contribution in [-0.2, 0) is 35.2 Å². The van der Waals surface area contributed by atoms with Crippen molar-refractivity contribution in [3.63, 3.8) is 0 Å². The van der Waals surface area contributed by atoms with Gasteiger partial charge in [0.05, 0.1) is 19.6 Å². The van der Waals surface area contributed by atoms with Crippen LogP contribution < -0.4 is 21.3 Å². The zero-order valence-electron chi connectivity index (χ0n) is 28.9. The molecule has 294 valence electrons. The highest BCUT2D eigenvalue weighted by atomic mass is 32.1. The molecule has 0 radical (unpaired) electrons. The van der Waals surface area contributed by atoms with Gasteiger partial charge in [-0.3, -0.25) is 33.9 Å². The summed E-state index contributed by atoms with van der Waals surface area (Å²) in [6, 6.07) is 2.95. The molecule has 10 N–H and O–H groups in total. The number of unbranched alkanes of at least 4 members (excludes halogenated alkanes) is 1. The number of carbonyl (C=O) groups is 7. The van der Waals surface area contributed by atoms with Gasteiger partial charge in [0.2, 0.25) is 0 Å². The van der Waals surface area contributed by atoms with Gasteiger partial charge in [0.15, 0.2) is 5.11 Å². The maximum atomic E-state index is 12.2. The largest absolute Gasteiger partial charge is 0.481 e. The second kappa shape index (κ2) is 22.7. The van der Waals surface area contributed by atoms with Gasteiger partial charge in [0.1, 0.15) is 12.1 Å². The monoisotopic (exact) mass is 769 g/mol. The number of nitrogens with zero attached hydrogens (tertiary/aromatic N) is 3. The number of rotatable bonds is 21. The molecule has 0 bridgehead atoms. The zero-order chi connectivity index (χ0) is 39.5. The van der Waals surface area contributed by atoms with E-state index in [1.807, 2.05) is 12.1 Å². The van der Waals surface area contributed by atoms with Gasteiger partial charge >= 0.3 is 41.8 Å². The summed E-state index contributed by atoms with van der Waals surface area (Å²) in [6.07, 6.45) is 0.359. The van der Waals surface area contributed by atoms with E-state index in [4.69, 9.17) is 17.3 Å². The standard InChI is InChI=1S/C32H47N7O13S/c40-25(41)9-8-24(30(50)51)36-31(52)35-23(29(48)49)3-1-2-10-33-32(53)34-21-6-4-20(5-7-21)15-22-16-38(18-27(44)45)12-11-37(17-26(42)43)13-14-39(22)19-28(46)47/h4-7,22-24H,1-3,8-19H2,(H,40,41)(H,42,43)(H,44,45)(H,46,47)(H,48,49)(H,50,51)(H2,33,34,53)(H2,35,36,52). The summed E-state index contributed by atoms with van der Waals surface area (Å²) < 4.78 is 0. The molecular weight excluding hydrogens is 722 g/mol. The molecule has 0 saturated carbocycles. The number of anilines is 1. The fourth-order valence-corrected chi connectivity index (χ4v) is 5.82. The molecule has 3 atom stereocenters. The summed E-state index contributed by atoms with van der Waals surface area (Å²) in [6.45, 7) is 0.951. The molecule has 1 heterocycles. The number of benzene rings is 1. The van der Waals surface area contributed by atoms with E-state index >= 15 is 0 Å². The van der Waals surface area contributed by atoms with Gasteiger partial charge in [-0.25, -0.2) is 14.4 Å². The normalized spacial score (nSPS) is 16.8. The minimum Gasteiger partial charge on any atom is -0.481 e. The molecule has 0 spiro atoms. The lowest BCUT2D eigenvalue weighted by atomic mass is 10.0. The van der Waals surface area contributed by atoms with Crippen molar-refractivity contribution in [2.45, 2.75) is 56.7 Å². The first kappa shape index (κ1) is 44.0. The van der Waals surface area contributed by atoms with Crippen LogP contribution in [0.5, 0.6) is 0 Å². The highest BCUT2D eigenvalue weighted by molar-refractivity contribution is 7.80. The van der Waals surface area contributed by atoms with Crippen molar-refractivity contribution < 1.29 is 64.2 Å². The minimum atomic E-state index is -1.50. The number of carboxylic acids is 6. The molecule has 21 heteroatoms. The molecule has 3 unspecified atom stereocenters. The summed E-state index contributed by atoms with van der Waals surface area (Å²) in [7, 11) is 0. The summed E-state index contributed by atoms with van der Waals surface area (Å²) in [5.74, 6) is -7.18. The van der Waals surface area contributed by atoms with Crippen molar-refractivity contribution in [2.24, 2.45) is 0 Å². The Balaban J connectivity index is 1.91. The van der Waals surface area contributed by atoms with Crippen molar-refractivity contribution in [3.8, 4) is 0 Å². The van der Waals surface area contributed by atoms with Crippen LogP contribution in [-0.4, -0.2) is 169 Å². The average molecular weight is 770 g/mol. The molecule has 53 heavy (non-hydrogen) atoms. The maximum Gasteiger partial charge on any atom is 0.326 e. The maximum absolute atomic E-state index is 12.2. The second-order valence-corrected chi connectivity index (χ2v) is 12.8. The zero-order valence-corrected chi connectivity index (χ0v) is 29.8. The van der Waals surface area contributed by atoms with Crippen LogP contribution in [0.25, 0.3) is 0 Å². The van der Waals surface area contributed by atoms with Crippen molar-refractivity contribution in [1.29, 1.82) is 0 Å². The fraction of sp³-hybridized carbons (Fsp3) is 0.562. The summed E-state index contributed by atoms with van der Waals surface area (Å²) >= 11 is 5.35. The molecule has 1 fully saturated rings. The van der Waals surface area contributed by atoms with Crippen LogP contribution in [0.3, 0.4) is 0 Å². The lowest BCUT2D eigenvalue weighted by molar-refractivity contribution is -0.141. The van der Waals surface area contributed by atoms with Gasteiger partial charge in [0.25, 0.3) is 0 Å². The number of aliphatic carboxylic acids is 6. The average Bonchev–Trinajstić information content (AvgIpc) is 3.12. The first-order valence-electron chi connectivity index (χ1n) is 16.7. The van der Waals surface area contributed by atoms with E-state index in [2.05, 4.69) is 21.3 Å². The Morgan fingerprint density at radius 2 is 1.25 bits per heavy atom. The van der Waals surface area contributed by atoms with E-state index in [1.165, 1.54) is 0 Å². The predicted octanol–water partition coefficient (Wildman–Crippen LogP) is -0.702. The Kier molecular flexibility index (Phi) is 18.9. The molecule has 2 amide bonds. The SMILES string of the molecule is O=C(O)CCC(NC(=O)NC(CCCCNC(=S)Nc1ccc(CC2CN(CC(=O)O)CCN(CC(=O)O)CCN2CC(=O)O)cc1)C(=O)O)C(=O)O. The highest BCUT2D eigenvalue weighted by Gasteiger charge is 2.28. The van der Waals surface area contributed by atoms with E-state index < -0.39 is 60.4 Å². The molecule has 2 rings (SSSR count). The Morgan fingerprint density at radius 1 is 0.698 bits per heavy atom. The van der Waals surface area contributed by atoms with Gasteiger partial charge in [-0.15, -0.1) is 0 Å². The summed E-state index contributed by atoms with van der Waals surface area (Å²) in [5.41, 5.74) is 1.49. The van der Waals surface area contributed by atoms with Crippen molar-refractivity contribution >= 4 is 64.9 Å². The van der Waals surface area contributed by atoms with Gasteiger partial charge in [-0.05, 0) is 62.0 Å². The van der Waals surface area contributed by atoms with Gasteiger partial charge < -0.3 is 51.9 Å². The van der Waals surface area contributed by atoms with Gasteiger partial charge in [-0.2, -0.15) is 0 Å². The van der Waals surface area contributed by atoms with E-state index in [0.717, 1.165) is 5.56 Å². The number of amides is 2. The highest BCUT2D eigenvalue weighted by Crippen LogP contribution is 2.16. The lowest BCUT2D eigenvalue weighted by Crippen LogP contribution is -2.51. The molecule has 0 aromatic heterocycles. The number of hydrogen-bond acceptors (Lipinski definition) is 11. The Labute approximate surface area is 310 Å². The number of carboxylic acid groups (broad SMARTS) is 6. The number of nitrogens with one attached hydrogen (secondary N) is 4. The quantitative estimate of drug-likeness (QED) is 0.0546. The van der Waals surface area contributed by atoms with Crippen LogP contribution >= 0.6 is 12.2 Å². The number of thiocarbonyl (C=S) groups is 1. The van der Waals surface area contributed by atoms with Crippen molar-refractivity contribution in [3.05, 3.63) is 29.8 Å². The van der Waals surface area contributed by atoms with E-state index in [1.54, 1.807) is 26.8 Å². The van der Waals surface area contributed by atoms with Crippen LogP contribution in [0.15, 0.2) is 24.3 Å². The smallest absolute Gasteiger partial charge is 0.326 e. The van der Waals surface area contributed by atoms with Gasteiger partial charge in [0, 0.05) is 57.4 Å². The van der Waals surface area contributed by atoms with Crippen LogP contribution in [0, 0.1) is 0 Å². The topological polar surface area (TPSA) is 299 Å². The fourth-order valence-electron chi connectivity index (χ4n) is 5.60. The minimum absolute atomic E-state index is 0.0263. The summed E-state index contributed by atoms with van der Waals surface area (Å²) in [5, 5.41) is 66.3.